The van der Waals surface area contributed by atoms with Crippen LogP contribution in [0.1, 0.15) is 29.6 Å². The Labute approximate surface area is 122 Å². The molecule has 1 aliphatic heterocycles. The Bertz CT molecular complexity index is 573. The van der Waals surface area contributed by atoms with Crippen molar-refractivity contribution in [2.75, 3.05) is 18.5 Å². The molecule has 1 amide bonds. The number of carbonyl (C=O) groups is 2. The van der Waals surface area contributed by atoms with E-state index in [4.69, 9.17) is 9.84 Å². The molecule has 0 saturated heterocycles. The van der Waals surface area contributed by atoms with Gasteiger partial charge in [0.25, 0.3) is 5.91 Å². The Balaban J connectivity index is 1.70. The predicted molar refractivity (Wildman–Crippen MR) is 76.7 cm³/mol. The summed E-state index contributed by atoms with van der Waals surface area (Å²) < 4.78 is 5.58. The number of rotatable bonds is 3. The van der Waals surface area contributed by atoms with Crippen LogP contribution in [0.4, 0.5) is 5.69 Å². The maximum atomic E-state index is 12.4. The van der Waals surface area contributed by atoms with Crippen molar-refractivity contribution in [3.8, 4) is 5.75 Å². The number of hydrogen-bond donors (Lipinski definition) is 3. The highest BCUT2D eigenvalue weighted by Crippen LogP contribution is 2.32. The number of amides is 1. The summed E-state index contributed by atoms with van der Waals surface area (Å²) in [6.45, 7) is 1.25. The number of ether oxygens (including phenoxy) is 1. The number of aliphatic carboxylic acids is 1. The first-order valence-corrected chi connectivity index (χ1v) is 7.18. The third-order valence-corrected chi connectivity index (χ3v) is 4.04. The van der Waals surface area contributed by atoms with Crippen LogP contribution in [0.15, 0.2) is 18.2 Å². The molecule has 0 spiro atoms. The largest absolute Gasteiger partial charge is 0.489 e. The third kappa shape index (κ3) is 2.79. The first kappa shape index (κ1) is 13.7. The zero-order valence-corrected chi connectivity index (χ0v) is 11.6. The van der Waals surface area contributed by atoms with Crippen LogP contribution >= 0.6 is 0 Å². The van der Waals surface area contributed by atoms with Gasteiger partial charge in [0.15, 0.2) is 5.75 Å². The van der Waals surface area contributed by atoms with Crippen LogP contribution in [0, 0.1) is 5.92 Å². The molecule has 0 unspecified atom stereocenters. The highest BCUT2D eigenvalue weighted by Gasteiger charge is 2.31. The molecule has 1 saturated carbocycles. The normalized spacial score (nSPS) is 23.6. The number of fused-ring (bicyclic) bond motifs is 1. The molecule has 21 heavy (non-hydrogen) atoms. The number of hydrogen-bond acceptors (Lipinski definition) is 4. The Morgan fingerprint density at radius 3 is 2.95 bits per heavy atom. The summed E-state index contributed by atoms with van der Waals surface area (Å²) in [4.78, 5) is 23.3. The molecule has 0 aromatic heterocycles. The van der Waals surface area contributed by atoms with Gasteiger partial charge in [-0.15, -0.1) is 0 Å². The van der Waals surface area contributed by atoms with Gasteiger partial charge in [0.05, 0.1) is 17.2 Å². The minimum absolute atomic E-state index is 0.0778. The standard InChI is InChI=1S/C15H18N2O4/c18-14(17-10-5-4-9(8-10)15(19)20)11-2-1-3-12-13(11)21-7-6-16-12/h1-3,9-10,16H,4-8H2,(H,17,18)(H,19,20)/t9-,10+/m1/s1. The molecule has 1 fully saturated rings. The average Bonchev–Trinajstić information content (AvgIpc) is 2.95. The van der Waals surface area contributed by atoms with Crippen LogP contribution in [0.5, 0.6) is 5.75 Å². The number of carbonyl (C=O) groups excluding carboxylic acids is 1. The first-order chi connectivity index (χ1) is 10.1. The third-order valence-electron chi connectivity index (χ3n) is 4.04. The summed E-state index contributed by atoms with van der Waals surface area (Å²) in [5, 5.41) is 15.1. The van der Waals surface area contributed by atoms with E-state index < -0.39 is 5.97 Å². The maximum absolute atomic E-state index is 12.4. The lowest BCUT2D eigenvalue weighted by atomic mass is 10.1. The van der Waals surface area contributed by atoms with E-state index in [0.29, 0.717) is 37.2 Å². The van der Waals surface area contributed by atoms with E-state index in [2.05, 4.69) is 10.6 Å². The van der Waals surface area contributed by atoms with Gasteiger partial charge in [-0.25, -0.2) is 0 Å². The van der Waals surface area contributed by atoms with E-state index >= 15 is 0 Å². The zero-order chi connectivity index (χ0) is 14.8. The number of carboxylic acids is 1. The van der Waals surface area contributed by atoms with Gasteiger partial charge in [-0.1, -0.05) is 6.07 Å². The van der Waals surface area contributed by atoms with Crippen LogP contribution in [0.25, 0.3) is 0 Å². The summed E-state index contributed by atoms with van der Waals surface area (Å²) in [5.74, 6) is -0.755. The quantitative estimate of drug-likeness (QED) is 0.784. The molecule has 3 rings (SSSR count). The molecule has 0 radical (unpaired) electrons. The lowest BCUT2D eigenvalue weighted by Gasteiger charge is -2.22. The van der Waals surface area contributed by atoms with Gasteiger partial charge < -0.3 is 20.5 Å². The Morgan fingerprint density at radius 2 is 2.19 bits per heavy atom. The zero-order valence-electron chi connectivity index (χ0n) is 11.6. The van der Waals surface area contributed by atoms with Crippen molar-refractivity contribution in [1.82, 2.24) is 5.32 Å². The van der Waals surface area contributed by atoms with Crippen LogP contribution in [0.3, 0.4) is 0 Å². The summed E-state index contributed by atoms with van der Waals surface area (Å²) in [7, 11) is 0. The maximum Gasteiger partial charge on any atom is 0.306 e. The molecule has 2 aliphatic rings. The SMILES string of the molecule is O=C(N[C@H]1CC[C@@H](C(=O)O)C1)c1cccc2c1OCCN2. The number of nitrogens with one attached hydrogen (secondary N) is 2. The fourth-order valence-electron chi connectivity index (χ4n) is 2.95. The molecule has 1 aromatic carbocycles. The number of carboxylic acid groups (broad SMARTS) is 1. The number of para-hydroxylation sites is 1. The van der Waals surface area contributed by atoms with E-state index in [9.17, 15) is 9.59 Å². The van der Waals surface area contributed by atoms with Crippen LogP contribution in [-0.2, 0) is 4.79 Å². The molecule has 0 bridgehead atoms. The van der Waals surface area contributed by atoms with Gasteiger partial charge in [-0.2, -0.15) is 0 Å². The second-order valence-corrected chi connectivity index (χ2v) is 5.48. The van der Waals surface area contributed by atoms with E-state index in [1.54, 1.807) is 6.07 Å². The van der Waals surface area contributed by atoms with Gasteiger partial charge in [0, 0.05) is 12.6 Å². The monoisotopic (exact) mass is 290 g/mol. The molecular weight excluding hydrogens is 272 g/mol. The van der Waals surface area contributed by atoms with Crippen LogP contribution in [0.2, 0.25) is 0 Å². The van der Waals surface area contributed by atoms with Crippen molar-refractivity contribution in [2.45, 2.75) is 25.3 Å². The van der Waals surface area contributed by atoms with Crippen molar-refractivity contribution in [2.24, 2.45) is 5.92 Å². The number of benzene rings is 1. The van der Waals surface area contributed by atoms with Crippen LogP contribution < -0.4 is 15.4 Å². The van der Waals surface area contributed by atoms with Crippen molar-refractivity contribution >= 4 is 17.6 Å². The molecule has 1 heterocycles. The summed E-state index contributed by atoms with van der Waals surface area (Å²) in [6.07, 6.45) is 1.82. The minimum Gasteiger partial charge on any atom is -0.489 e. The molecule has 3 N–H and O–H groups in total. The lowest BCUT2D eigenvalue weighted by Crippen LogP contribution is -2.34. The second kappa shape index (κ2) is 5.63. The average molecular weight is 290 g/mol. The summed E-state index contributed by atoms with van der Waals surface area (Å²) >= 11 is 0. The van der Waals surface area contributed by atoms with Gasteiger partial charge in [0.1, 0.15) is 6.61 Å². The Kier molecular flexibility index (Phi) is 3.68. The van der Waals surface area contributed by atoms with Crippen molar-refractivity contribution in [3.63, 3.8) is 0 Å². The smallest absolute Gasteiger partial charge is 0.306 e. The molecule has 6 nitrogen and oxygen atoms in total. The van der Waals surface area contributed by atoms with Gasteiger partial charge in [-0.3, -0.25) is 9.59 Å². The second-order valence-electron chi connectivity index (χ2n) is 5.48. The first-order valence-electron chi connectivity index (χ1n) is 7.18. The topological polar surface area (TPSA) is 87.7 Å². The molecule has 6 heteroatoms. The predicted octanol–water partition coefficient (Wildman–Crippen LogP) is 1.47. The van der Waals surface area contributed by atoms with E-state index in [1.165, 1.54) is 0 Å². The van der Waals surface area contributed by atoms with E-state index in [-0.39, 0.29) is 17.9 Å². The summed E-state index contributed by atoms with van der Waals surface area (Å²) in [6, 6.07) is 5.34. The minimum atomic E-state index is -0.781. The lowest BCUT2D eigenvalue weighted by molar-refractivity contribution is -0.141. The van der Waals surface area contributed by atoms with E-state index in [0.717, 1.165) is 12.2 Å². The van der Waals surface area contributed by atoms with Gasteiger partial charge >= 0.3 is 5.97 Å². The van der Waals surface area contributed by atoms with Gasteiger partial charge in [0.2, 0.25) is 0 Å². The Hall–Kier alpha value is -2.24. The highest BCUT2D eigenvalue weighted by atomic mass is 16.5. The van der Waals surface area contributed by atoms with Crippen LogP contribution in [-0.4, -0.2) is 36.2 Å². The van der Waals surface area contributed by atoms with Gasteiger partial charge in [-0.05, 0) is 31.4 Å². The van der Waals surface area contributed by atoms with Crippen molar-refractivity contribution in [3.05, 3.63) is 23.8 Å². The molecule has 2 atom stereocenters. The summed E-state index contributed by atoms with van der Waals surface area (Å²) in [5.41, 5.74) is 1.32. The van der Waals surface area contributed by atoms with Crippen molar-refractivity contribution in [1.29, 1.82) is 0 Å². The molecule has 1 aromatic rings. The van der Waals surface area contributed by atoms with Crippen molar-refractivity contribution < 1.29 is 19.4 Å². The molecule has 1 aliphatic carbocycles. The molecular formula is C15H18N2O4. The fourth-order valence-corrected chi connectivity index (χ4v) is 2.95. The fraction of sp³-hybridized carbons (Fsp3) is 0.467. The molecule has 112 valence electrons. The highest BCUT2D eigenvalue weighted by molar-refractivity contribution is 5.99. The number of anilines is 1. The van der Waals surface area contributed by atoms with E-state index in [1.807, 2.05) is 12.1 Å². The Morgan fingerprint density at radius 1 is 1.33 bits per heavy atom.